The number of rotatable bonds is 5. The van der Waals surface area contributed by atoms with Gasteiger partial charge >= 0.3 is 5.97 Å². The average molecular weight is 211 g/mol. The Hall–Kier alpha value is -1.85. The lowest BCUT2D eigenvalue weighted by atomic mass is 10.2. The predicted molar refractivity (Wildman–Crippen MR) is 53.5 cm³/mol. The summed E-state index contributed by atoms with van der Waals surface area (Å²) in [6.45, 7) is 2.03. The van der Waals surface area contributed by atoms with Gasteiger partial charge in [-0.15, -0.1) is 0 Å². The van der Waals surface area contributed by atoms with E-state index in [0.29, 0.717) is 5.82 Å². The molecule has 0 saturated heterocycles. The Kier molecular flexibility index (Phi) is 3.84. The van der Waals surface area contributed by atoms with Gasteiger partial charge in [0.15, 0.2) is 5.82 Å². The van der Waals surface area contributed by atoms with E-state index in [1.54, 1.807) is 6.07 Å². The molecule has 0 saturated carbocycles. The van der Waals surface area contributed by atoms with E-state index in [-0.39, 0.29) is 0 Å². The summed E-state index contributed by atoms with van der Waals surface area (Å²) < 4.78 is 0. The first-order chi connectivity index (χ1) is 7.11. The molecule has 1 aromatic rings. The van der Waals surface area contributed by atoms with Crippen LogP contribution in [0.15, 0.2) is 6.07 Å². The first kappa shape index (κ1) is 11.2. The third-order valence-corrected chi connectivity index (χ3v) is 1.73. The molecule has 1 amide bonds. The molecule has 1 heterocycles. The summed E-state index contributed by atoms with van der Waals surface area (Å²) in [5.41, 5.74) is 0.920. The fourth-order valence-electron chi connectivity index (χ4n) is 1.15. The number of aromatic nitrogens is 2. The topological polar surface area (TPSA) is 95.1 Å². The SMILES string of the molecule is CCCc1cc(NC(=O)CC(=O)O)n[nH]1. The Bertz CT molecular complexity index is 359. The van der Waals surface area contributed by atoms with E-state index in [4.69, 9.17) is 5.11 Å². The predicted octanol–water partition coefficient (Wildman–Crippen LogP) is 0.775. The van der Waals surface area contributed by atoms with Crippen molar-refractivity contribution in [3.8, 4) is 0 Å². The number of aromatic amines is 1. The van der Waals surface area contributed by atoms with Gasteiger partial charge in [-0.05, 0) is 6.42 Å². The quantitative estimate of drug-likeness (QED) is 0.627. The van der Waals surface area contributed by atoms with Gasteiger partial charge in [-0.1, -0.05) is 13.3 Å². The van der Waals surface area contributed by atoms with Gasteiger partial charge in [0, 0.05) is 11.8 Å². The first-order valence-corrected chi connectivity index (χ1v) is 4.67. The number of carbonyl (C=O) groups is 2. The number of amides is 1. The van der Waals surface area contributed by atoms with E-state index in [0.717, 1.165) is 18.5 Å². The molecule has 0 aromatic carbocycles. The van der Waals surface area contributed by atoms with Gasteiger partial charge in [0.05, 0.1) is 0 Å². The first-order valence-electron chi connectivity index (χ1n) is 4.67. The number of carboxylic acids is 1. The number of carbonyl (C=O) groups excluding carboxylic acids is 1. The van der Waals surface area contributed by atoms with E-state index < -0.39 is 18.3 Å². The zero-order valence-electron chi connectivity index (χ0n) is 8.41. The number of nitrogens with one attached hydrogen (secondary N) is 2. The molecule has 0 aliphatic carbocycles. The summed E-state index contributed by atoms with van der Waals surface area (Å²) in [5.74, 6) is -1.36. The highest BCUT2D eigenvalue weighted by Crippen LogP contribution is 2.07. The van der Waals surface area contributed by atoms with Crippen molar-refractivity contribution < 1.29 is 14.7 Å². The molecule has 3 N–H and O–H groups in total. The molecule has 0 aliphatic heterocycles. The van der Waals surface area contributed by atoms with E-state index in [2.05, 4.69) is 15.5 Å². The highest BCUT2D eigenvalue weighted by molar-refractivity contribution is 6.00. The summed E-state index contributed by atoms with van der Waals surface area (Å²) in [5, 5.41) is 17.3. The van der Waals surface area contributed by atoms with Crippen LogP contribution in [0.25, 0.3) is 0 Å². The zero-order chi connectivity index (χ0) is 11.3. The largest absolute Gasteiger partial charge is 0.481 e. The molecule has 0 radical (unpaired) electrons. The molecule has 0 atom stereocenters. The Morgan fingerprint density at radius 3 is 2.93 bits per heavy atom. The molecule has 15 heavy (non-hydrogen) atoms. The van der Waals surface area contributed by atoms with E-state index in [1.807, 2.05) is 6.92 Å². The van der Waals surface area contributed by atoms with Crippen LogP contribution >= 0.6 is 0 Å². The van der Waals surface area contributed by atoms with Crippen LogP contribution in [0.4, 0.5) is 5.82 Å². The van der Waals surface area contributed by atoms with Crippen LogP contribution in [0, 0.1) is 0 Å². The Morgan fingerprint density at radius 2 is 2.33 bits per heavy atom. The number of anilines is 1. The fourth-order valence-corrected chi connectivity index (χ4v) is 1.15. The van der Waals surface area contributed by atoms with Crippen molar-refractivity contribution in [2.45, 2.75) is 26.2 Å². The molecule has 1 rings (SSSR count). The number of hydrogen-bond acceptors (Lipinski definition) is 3. The molecule has 82 valence electrons. The van der Waals surface area contributed by atoms with Crippen molar-refractivity contribution in [3.63, 3.8) is 0 Å². The highest BCUT2D eigenvalue weighted by Gasteiger charge is 2.09. The number of hydrogen-bond donors (Lipinski definition) is 3. The van der Waals surface area contributed by atoms with Gasteiger partial charge < -0.3 is 10.4 Å². The minimum absolute atomic E-state index is 0.365. The van der Waals surface area contributed by atoms with Crippen LogP contribution in [0.3, 0.4) is 0 Å². The van der Waals surface area contributed by atoms with Gasteiger partial charge in [-0.3, -0.25) is 14.7 Å². The summed E-state index contributed by atoms with van der Waals surface area (Å²) in [4.78, 5) is 21.3. The van der Waals surface area contributed by atoms with E-state index in [1.165, 1.54) is 0 Å². The zero-order valence-corrected chi connectivity index (χ0v) is 8.41. The molecule has 0 spiro atoms. The summed E-state index contributed by atoms with van der Waals surface area (Å²) in [7, 11) is 0. The maximum atomic E-state index is 11.0. The molecule has 0 bridgehead atoms. The lowest BCUT2D eigenvalue weighted by Crippen LogP contribution is -2.16. The average Bonchev–Trinajstić information content (AvgIpc) is 2.51. The molecular weight excluding hydrogens is 198 g/mol. The maximum absolute atomic E-state index is 11.0. The van der Waals surface area contributed by atoms with Gasteiger partial charge in [0.1, 0.15) is 6.42 Å². The Balaban J connectivity index is 2.49. The molecule has 0 unspecified atom stereocenters. The molecule has 6 heteroatoms. The smallest absolute Gasteiger partial charge is 0.312 e. The van der Waals surface area contributed by atoms with Crippen molar-refractivity contribution >= 4 is 17.7 Å². The molecular formula is C9H13N3O3. The van der Waals surface area contributed by atoms with Crippen LogP contribution in [0.1, 0.15) is 25.5 Å². The van der Waals surface area contributed by atoms with Crippen molar-refractivity contribution in [1.29, 1.82) is 0 Å². The lowest BCUT2D eigenvalue weighted by Gasteiger charge is -1.96. The van der Waals surface area contributed by atoms with Crippen LogP contribution < -0.4 is 5.32 Å². The van der Waals surface area contributed by atoms with Gasteiger partial charge in [0.2, 0.25) is 5.91 Å². The standard InChI is InChI=1S/C9H13N3O3/c1-2-3-6-4-7(12-11-6)10-8(13)5-9(14)15/h4H,2-3,5H2,1H3,(H,14,15)(H2,10,11,12,13). The monoisotopic (exact) mass is 211 g/mol. The normalized spacial score (nSPS) is 9.93. The number of nitrogens with zero attached hydrogens (tertiary/aromatic N) is 1. The van der Waals surface area contributed by atoms with Gasteiger partial charge in [-0.25, -0.2) is 0 Å². The van der Waals surface area contributed by atoms with E-state index in [9.17, 15) is 9.59 Å². The van der Waals surface area contributed by atoms with E-state index >= 15 is 0 Å². The van der Waals surface area contributed by atoms with Crippen LogP contribution in [0.2, 0.25) is 0 Å². The van der Waals surface area contributed by atoms with Gasteiger partial charge in [0.25, 0.3) is 0 Å². The van der Waals surface area contributed by atoms with Gasteiger partial charge in [-0.2, -0.15) is 5.10 Å². The molecule has 0 fully saturated rings. The maximum Gasteiger partial charge on any atom is 0.312 e. The third kappa shape index (κ3) is 3.80. The Labute approximate surface area is 86.7 Å². The van der Waals surface area contributed by atoms with Crippen LogP contribution in [-0.2, 0) is 16.0 Å². The summed E-state index contributed by atoms with van der Waals surface area (Å²) in [6, 6.07) is 1.70. The second-order valence-electron chi connectivity index (χ2n) is 3.15. The number of carboxylic acid groups (broad SMARTS) is 1. The number of aryl methyl sites for hydroxylation is 1. The second kappa shape index (κ2) is 5.14. The van der Waals surface area contributed by atoms with Crippen molar-refractivity contribution in [2.75, 3.05) is 5.32 Å². The van der Waals surface area contributed by atoms with Crippen molar-refractivity contribution in [2.24, 2.45) is 0 Å². The molecule has 6 nitrogen and oxygen atoms in total. The molecule has 1 aromatic heterocycles. The number of aliphatic carboxylic acids is 1. The van der Waals surface area contributed by atoms with Crippen LogP contribution in [-0.4, -0.2) is 27.2 Å². The second-order valence-corrected chi connectivity index (χ2v) is 3.15. The van der Waals surface area contributed by atoms with Crippen molar-refractivity contribution in [1.82, 2.24) is 10.2 Å². The fraction of sp³-hybridized carbons (Fsp3) is 0.444. The minimum atomic E-state index is -1.16. The summed E-state index contributed by atoms with van der Waals surface area (Å²) in [6.07, 6.45) is 1.28. The Morgan fingerprint density at radius 1 is 1.60 bits per heavy atom. The third-order valence-electron chi connectivity index (χ3n) is 1.73. The minimum Gasteiger partial charge on any atom is -0.481 e. The molecule has 0 aliphatic rings. The van der Waals surface area contributed by atoms with Crippen molar-refractivity contribution in [3.05, 3.63) is 11.8 Å². The van der Waals surface area contributed by atoms with Crippen LogP contribution in [0.5, 0.6) is 0 Å². The highest BCUT2D eigenvalue weighted by atomic mass is 16.4. The summed E-state index contributed by atoms with van der Waals surface area (Å²) >= 11 is 0. The lowest BCUT2D eigenvalue weighted by molar-refractivity contribution is -0.139. The number of H-pyrrole nitrogens is 1.